The molecule has 0 aliphatic carbocycles. The highest BCUT2D eigenvalue weighted by Gasteiger charge is 2.18. The molecule has 0 unspecified atom stereocenters. The second-order valence-electron chi connectivity index (χ2n) is 6.45. The molecule has 2 N–H and O–H groups in total. The average Bonchev–Trinajstić information content (AvgIpc) is 3.22. The molecular formula is C22H23FN2O2S. The van der Waals surface area contributed by atoms with Gasteiger partial charge in [0.1, 0.15) is 11.6 Å². The zero-order chi connectivity index (χ0) is 19.9. The molecule has 1 amide bonds. The van der Waals surface area contributed by atoms with Crippen molar-refractivity contribution < 1.29 is 13.9 Å². The summed E-state index contributed by atoms with van der Waals surface area (Å²) in [5.41, 5.74) is 2.83. The monoisotopic (exact) mass is 398 g/mol. The van der Waals surface area contributed by atoms with Gasteiger partial charge in [0, 0.05) is 17.8 Å². The van der Waals surface area contributed by atoms with Gasteiger partial charge in [0.15, 0.2) is 0 Å². The molecule has 0 spiro atoms. The van der Waals surface area contributed by atoms with E-state index in [4.69, 9.17) is 4.74 Å². The predicted octanol–water partition coefficient (Wildman–Crippen LogP) is 4.91. The third kappa shape index (κ3) is 5.10. The molecule has 0 radical (unpaired) electrons. The number of thiophene rings is 1. The molecule has 0 saturated carbocycles. The van der Waals surface area contributed by atoms with Crippen LogP contribution in [0.15, 0.2) is 60.0 Å². The van der Waals surface area contributed by atoms with E-state index in [1.807, 2.05) is 42.6 Å². The number of amides is 1. The molecule has 1 aromatic heterocycles. The quantitative estimate of drug-likeness (QED) is 0.567. The Morgan fingerprint density at radius 1 is 1.18 bits per heavy atom. The van der Waals surface area contributed by atoms with Crippen LogP contribution in [0.3, 0.4) is 0 Å². The lowest BCUT2D eigenvalue weighted by Crippen LogP contribution is -2.30. The van der Waals surface area contributed by atoms with Crippen molar-refractivity contribution in [3.8, 4) is 5.75 Å². The first-order valence-electron chi connectivity index (χ1n) is 9.03. The molecular weight excluding hydrogens is 375 g/mol. The summed E-state index contributed by atoms with van der Waals surface area (Å²) in [6, 6.07) is 15.7. The smallest absolute Gasteiger partial charge is 0.222 e. The number of hydrogen-bond acceptors (Lipinski definition) is 4. The van der Waals surface area contributed by atoms with Gasteiger partial charge in [-0.25, -0.2) is 4.39 Å². The summed E-state index contributed by atoms with van der Waals surface area (Å²) in [5, 5.41) is 8.28. The van der Waals surface area contributed by atoms with Gasteiger partial charge in [-0.3, -0.25) is 4.79 Å². The fourth-order valence-electron chi connectivity index (χ4n) is 2.93. The maximum atomic E-state index is 13.3. The minimum absolute atomic E-state index is 0.0816. The van der Waals surface area contributed by atoms with Crippen LogP contribution in [0.4, 0.5) is 10.1 Å². The Kier molecular flexibility index (Phi) is 6.66. The number of anilines is 1. The van der Waals surface area contributed by atoms with E-state index in [0.29, 0.717) is 13.0 Å². The number of rotatable bonds is 8. The van der Waals surface area contributed by atoms with Crippen LogP contribution < -0.4 is 15.4 Å². The van der Waals surface area contributed by atoms with E-state index in [1.54, 1.807) is 30.6 Å². The van der Waals surface area contributed by atoms with Crippen LogP contribution in [0.2, 0.25) is 0 Å². The fraction of sp³-hybridized carbons (Fsp3) is 0.227. The number of hydrogen-bond donors (Lipinski definition) is 2. The van der Waals surface area contributed by atoms with Gasteiger partial charge < -0.3 is 15.4 Å². The summed E-state index contributed by atoms with van der Waals surface area (Å²) < 4.78 is 18.6. The normalized spacial score (nSPS) is 11.7. The molecule has 0 fully saturated rings. The van der Waals surface area contributed by atoms with Gasteiger partial charge in [-0.15, -0.1) is 11.3 Å². The molecule has 0 aliphatic rings. The van der Waals surface area contributed by atoms with Crippen molar-refractivity contribution in [2.24, 2.45) is 0 Å². The molecule has 28 heavy (non-hydrogen) atoms. The van der Waals surface area contributed by atoms with Crippen molar-refractivity contribution in [1.82, 2.24) is 5.32 Å². The van der Waals surface area contributed by atoms with E-state index in [1.165, 1.54) is 12.1 Å². The lowest BCUT2D eigenvalue weighted by Gasteiger charge is -2.18. The zero-order valence-electron chi connectivity index (χ0n) is 15.9. The molecule has 0 saturated heterocycles. The average molecular weight is 399 g/mol. The second kappa shape index (κ2) is 9.37. The number of benzene rings is 2. The van der Waals surface area contributed by atoms with Crippen molar-refractivity contribution in [3.05, 3.63) is 81.8 Å². The fourth-order valence-corrected chi connectivity index (χ4v) is 3.74. The van der Waals surface area contributed by atoms with Crippen LogP contribution in [0.1, 0.15) is 28.5 Å². The Labute approximate surface area is 168 Å². The topological polar surface area (TPSA) is 50.4 Å². The zero-order valence-corrected chi connectivity index (χ0v) is 16.7. The van der Waals surface area contributed by atoms with E-state index >= 15 is 0 Å². The van der Waals surface area contributed by atoms with Crippen LogP contribution in [0.25, 0.3) is 0 Å². The molecule has 3 rings (SSSR count). The number of halogens is 1. The Bertz CT molecular complexity index is 911. The third-order valence-corrected chi connectivity index (χ3v) is 5.30. The molecule has 6 heteroatoms. The van der Waals surface area contributed by atoms with Crippen LogP contribution in [-0.2, 0) is 4.79 Å². The predicted molar refractivity (Wildman–Crippen MR) is 112 cm³/mol. The van der Waals surface area contributed by atoms with Gasteiger partial charge in [-0.05, 0) is 53.8 Å². The molecule has 1 heterocycles. The maximum absolute atomic E-state index is 13.3. The minimum Gasteiger partial charge on any atom is -0.495 e. The number of methoxy groups -OCH3 is 1. The minimum atomic E-state index is -0.295. The van der Waals surface area contributed by atoms with Gasteiger partial charge in [-0.2, -0.15) is 0 Å². The molecule has 2 aromatic carbocycles. The Morgan fingerprint density at radius 2 is 1.96 bits per heavy atom. The number of ether oxygens (including phenoxy) is 1. The van der Waals surface area contributed by atoms with Crippen molar-refractivity contribution in [1.29, 1.82) is 0 Å². The van der Waals surface area contributed by atoms with Crippen molar-refractivity contribution in [2.75, 3.05) is 19.0 Å². The summed E-state index contributed by atoms with van der Waals surface area (Å²) in [7, 11) is 1.62. The largest absolute Gasteiger partial charge is 0.495 e. The van der Waals surface area contributed by atoms with Crippen LogP contribution in [0, 0.1) is 12.7 Å². The van der Waals surface area contributed by atoms with Crippen molar-refractivity contribution >= 4 is 22.9 Å². The van der Waals surface area contributed by atoms with Crippen LogP contribution in [-0.4, -0.2) is 19.6 Å². The first-order valence-corrected chi connectivity index (χ1v) is 9.91. The van der Waals surface area contributed by atoms with Gasteiger partial charge in [0.25, 0.3) is 0 Å². The maximum Gasteiger partial charge on any atom is 0.222 e. The number of aryl methyl sites for hydroxylation is 1. The SMILES string of the molecule is COc1ccc(C)cc1NCCC(=O)N[C@H](c1ccc(F)cc1)c1cccs1. The summed E-state index contributed by atoms with van der Waals surface area (Å²) in [6.45, 7) is 2.48. The molecule has 146 valence electrons. The summed E-state index contributed by atoms with van der Waals surface area (Å²) >= 11 is 1.56. The summed E-state index contributed by atoms with van der Waals surface area (Å²) in [6.07, 6.45) is 0.306. The number of carbonyl (C=O) groups is 1. The first-order chi connectivity index (χ1) is 13.6. The van der Waals surface area contributed by atoms with E-state index < -0.39 is 0 Å². The summed E-state index contributed by atoms with van der Waals surface area (Å²) in [4.78, 5) is 13.6. The highest BCUT2D eigenvalue weighted by molar-refractivity contribution is 7.10. The van der Waals surface area contributed by atoms with E-state index in [0.717, 1.165) is 27.4 Å². The highest BCUT2D eigenvalue weighted by atomic mass is 32.1. The van der Waals surface area contributed by atoms with Gasteiger partial charge >= 0.3 is 0 Å². The molecule has 0 aliphatic heterocycles. The van der Waals surface area contributed by atoms with Gasteiger partial charge in [-0.1, -0.05) is 24.3 Å². The van der Waals surface area contributed by atoms with Crippen molar-refractivity contribution in [2.45, 2.75) is 19.4 Å². The molecule has 1 atom stereocenters. The standard InChI is InChI=1S/C22H23FN2O2S/c1-15-5-10-19(27-2)18(14-15)24-12-11-21(26)25-22(20-4-3-13-28-20)16-6-8-17(23)9-7-16/h3-10,13-14,22,24H,11-12H2,1-2H3,(H,25,26)/t22-/m1/s1. The number of carbonyl (C=O) groups excluding carboxylic acids is 1. The van der Waals surface area contributed by atoms with Crippen molar-refractivity contribution in [3.63, 3.8) is 0 Å². The molecule has 3 aromatic rings. The Morgan fingerprint density at radius 3 is 2.64 bits per heavy atom. The van der Waals surface area contributed by atoms with Crippen LogP contribution in [0.5, 0.6) is 5.75 Å². The highest BCUT2D eigenvalue weighted by Crippen LogP contribution is 2.27. The lowest BCUT2D eigenvalue weighted by atomic mass is 10.0. The Hall–Kier alpha value is -2.86. The van der Waals surface area contributed by atoms with Crippen LogP contribution >= 0.6 is 11.3 Å². The van der Waals surface area contributed by atoms with Gasteiger partial charge in [0.2, 0.25) is 5.91 Å². The Balaban J connectivity index is 1.63. The second-order valence-corrected chi connectivity index (χ2v) is 7.43. The van der Waals surface area contributed by atoms with E-state index in [-0.39, 0.29) is 17.8 Å². The third-order valence-electron chi connectivity index (χ3n) is 4.36. The van der Waals surface area contributed by atoms with Gasteiger partial charge in [0.05, 0.1) is 18.8 Å². The number of nitrogens with one attached hydrogen (secondary N) is 2. The van der Waals surface area contributed by atoms with E-state index in [9.17, 15) is 9.18 Å². The first kappa shape index (κ1) is 19.9. The lowest BCUT2D eigenvalue weighted by molar-refractivity contribution is -0.121. The molecule has 4 nitrogen and oxygen atoms in total. The summed E-state index contributed by atoms with van der Waals surface area (Å²) in [5.74, 6) is 0.368. The molecule has 0 bridgehead atoms. The van der Waals surface area contributed by atoms with E-state index in [2.05, 4.69) is 10.6 Å².